The van der Waals surface area contributed by atoms with Crippen molar-refractivity contribution < 1.29 is 14.6 Å². The van der Waals surface area contributed by atoms with Gasteiger partial charge in [0.15, 0.2) is 0 Å². The highest BCUT2D eigenvalue weighted by atomic mass is 16.5. The van der Waals surface area contributed by atoms with E-state index in [1.807, 2.05) is 36.4 Å². The van der Waals surface area contributed by atoms with Gasteiger partial charge in [-0.25, -0.2) is 0 Å². The van der Waals surface area contributed by atoms with Gasteiger partial charge in [-0.1, -0.05) is 42.5 Å². The average molecular weight is 299 g/mol. The van der Waals surface area contributed by atoms with Crippen LogP contribution in [-0.4, -0.2) is 30.3 Å². The van der Waals surface area contributed by atoms with E-state index < -0.39 is 6.10 Å². The van der Waals surface area contributed by atoms with Gasteiger partial charge in [-0.05, 0) is 24.6 Å². The molecule has 2 atom stereocenters. The number of hydrogen-bond donors (Lipinski definition) is 2. The van der Waals surface area contributed by atoms with E-state index in [9.17, 15) is 9.90 Å². The summed E-state index contributed by atoms with van der Waals surface area (Å²) in [6, 6.07) is 16.4. The van der Waals surface area contributed by atoms with Crippen LogP contribution < -0.4 is 10.1 Å². The SMILES string of the molecule is COc1ccccc1C(=O)NC(C)C(O)Cc1ccccc1. The van der Waals surface area contributed by atoms with Gasteiger partial charge in [-0.2, -0.15) is 0 Å². The first-order valence-electron chi connectivity index (χ1n) is 7.27. The predicted octanol–water partition coefficient (Wildman–Crippen LogP) is 2.42. The third-order valence-electron chi connectivity index (χ3n) is 3.58. The molecule has 1 amide bonds. The minimum absolute atomic E-state index is 0.253. The molecule has 116 valence electrons. The molecule has 2 unspecified atom stereocenters. The summed E-state index contributed by atoms with van der Waals surface area (Å²) in [5.74, 6) is 0.266. The maximum absolute atomic E-state index is 12.3. The van der Waals surface area contributed by atoms with Crippen LogP contribution >= 0.6 is 0 Å². The van der Waals surface area contributed by atoms with Gasteiger partial charge in [-0.3, -0.25) is 4.79 Å². The molecule has 0 aliphatic rings. The quantitative estimate of drug-likeness (QED) is 0.861. The zero-order valence-electron chi connectivity index (χ0n) is 12.8. The molecule has 0 spiro atoms. The Bertz CT molecular complexity index is 613. The monoisotopic (exact) mass is 299 g/mol. The van der Waals surface area contributed by atoms with Crippen LogP contribution in [0.5, 0.6) is 5.75 Å². The van der Waals surface area contributed by atoms with Crippen molar-refractivity contribution in [3.05, 3.63) is 65.7 Å². The number of nitrogens with one attached hydrogen (secondary N) is 1. The van der Waals surface area contributed by atoms with Gasteiger partial charge in [0.2, 0.25) is 0 Å². The number of benzene rings is 2. The first-order valence-corrected chi connectivity index (χ1v) is 7.27. The van der Waals surface area contributed by atoms with Gasteiger partial charge in [0.05, 0.1) is 24.8 Å². The first kappa shape index (κ1) is 16.0. The number of amides is 1. The molecule has 2 rings (SSSR count). The molecular formula is C18H21NO3. The van der Waals surface area contributed by atoms with E-state index >= 15 is 0 Å². The number of methoxy groups -OCH3 is 1. The molecule has 0 saturated carbocycles. The Morgan fingerprint density at radius 3 is 2.45 bits per heavy atom. The van der Waals surface area contributed by atoms with E-state index in [2.05, 4.69) is 5.32 Å². The molecule has 0 saturated heterocycles. The number of aliphatic hydroxyl groups excluding tert-OH is 1. The summed E-state index contributed by atoms with van der Waals surface area (Å²) in [7, 11) is 1.53. The molecule has 2 aromatic carbocycles. The molecular weight excluding hydrogens is 278 g/mol. The second-order valence-corrected chi connectivity index (χ2v) is 5.22. The van der Waals surface area contributed by atoms with Crippen LogP contribution in [0.2, 0.25) is 0 Å². The van der Waals surface area contributed by atoms with Gasteiger partial charge < -0.3 is 15.2 Å². The highest BCUT2D eigenvalue weighted by Crippen LogP contribution is 2.17. The Morgan fingerprint density at radius 2 is 1.77 bits per heavy atom. The van der Waals surface area contributed by atoms with E-state index in [4.69, 9.17) is 4.74 Å². The van der Waals surface area contributed by atoms with E-state index in [1.165, 1.54) is 7.11 Å². The molecule has 0 heterocycles. The van der Waals surface area contributed by atoms with Crippen LogP contribution in [0.15, 0.2) is 54.6 Å². The van der Waals surface area contributed by atoms with E-state index in [1.54, 1.807) is 25.1 Å². The Hall–Kier alpha value is -2.33. The fraction of sp³-hybridized carbons (Fsp3) is 0.278. The zero-order chi connectivity index (χ0) is 15.9. The highest BCUT2D eigenvalue weighted by Gasteiger charge is 2.19. The van der Waals surface area contributed by atoms with Gasteiger partial charge in [0, 0.05) is 6.42 Å². The number of hydrogen-bond acceptors (Lipinski definition) is 3. The summed E-state index contributed by atoms with van der Waals surface area (Å²) in [6.07, 6.45) is -0.158. The Balaban J connectivity index is 1.98. The van der Waals surface area contributed by atoms with Gasteiger partial charge in [0.1, 0.15) is 5.75 Å². The second kappa shape index (κ2) is 7.61. The highest BCUT2D eigenvalue weighted by molar-refractivity contribution is 5.97. The van der Waals surface area contributed by atoms with Crippen LogP contribution in [0.4, 0.5) is 0 Å². The van der Waals surface area contributed by atoms with Gasteiger partial charge in [0.25, 0.3) is 5.91 Å². The van der Waals surface area contributed by atoms with E-state index in [0.29, 0.717) is 17.7 Å². The smallest absolute Gasteiger partial charge is 0.255 e. The van der Waals surface area contributed by atoms with Crippen LogP contribution in [0.3, 0.4) is 0 Å². The van der Waals surface area contributed by atoms with Crippen LogP contribution in [-0.2, 0) is 6.42 Å². The Morgan fingerprint density at radius 1 is 1.14 bits per heavy atom. The molecule has 0 aromatic heterocycles. The lowest BCUT2D eigenvalue weighted by molar-refractivity contribution is 0.0849. The molecule has 0 fully saturated rings. The normalized spacial score (nSPS) is 13.2. The third-order valence-corrected chi connectivity index (χ3v) is 3.58. The van der Waals surface area contributed by atoms with Crippen molar-refractivity contribution in [2.24, 2.45) is 0 Å². The first-order chi connectivity index (χ1) is 10.6. The van der Waals surface area contributed by atoms with Crippen molar-refractivity contribution in [1.82, 2.24) is 5.32 Å². The minimum Gasteiger partial charge on any atom is -0.496 e. The number of carbonyl (C=O) groups is 1. The van der Waals surface area contributed by atoms with Crippen molar-refractivity contribution >= 4 is 5.91 Å². The lowest BCUT2D eigenvalue weighted by atomic mass is 10.0. The van der Waals surface area contributed by atoms with E-state index in [-0.39, 0.29) is 11.9 Å². The minimum atomic E-state index is -0.652. The summed E-state index contributed by atoms with van der Waals surface area (Å²) >= 11 is 0. The zero-order valence-corrected chi connectivity index (χ0v) is 12.8. The topological polar surface area (TPSA) is 58.6 Å². The second-order valence-electron chi connectivity index (χ2n) is 5.22. The molecule has 2 N–H and O–H groups in total. The third kappa shape index (κ3) is 4.09. The number of carbonyl (C=O) groups excluding carboxylic acids is 1. The summed E-state index contributed by atoms with van der Waals surface area (Å²) in [6.45, 7) is 1.79. The Labute approximate surface area is 130 Å². The van der Waals surface area contributed by atoms with Gasteiger partial charge >= 0.3 is 0 Å². The molecule has 0 radical (unpaired) electrons. The standard InChI is InChI=1S/C18H21NO3/c1-13(16(20)12-14-8-4-3-5-9-14)19-18(21)15-10-6-7-11-17(15)22-2/h3-11,13,16,20H,12H2,1-2H3,(H,19,21). The van der Waals surface area contributed by atoms with Crippen molar-refractivity contribution in [1.29, 1.82) is 0 Å². The van der Waals surface area contributed by atoms with E-state index in [0.717, 1.165) is 5.56 Å². The lowest BCUT2D eigenvalue weighted by Gasteiger charge is -2.21. The van der Waals surface area contributed by atoms with Crippen LogP contribution in [0, 0.1) is 0 Å². The predicted molar refractivity (Wildman–Crippen MR) is 86.1 cm³/mol. The molecule has 4 nitrogen and oxygen atoms in total. The van der Waals surface area contributed by atoms with Crippen molar-refractivity contribution in [2.75, 3.05) is 7.11 Å². The molecule has 0 aliphatic heterocycles. The number of rotatable bonds is 6. The molecule has 2 aromatic rings. The van der Waals surface area contributed by atoms with Crippen molar-refractivity contribution in [2.45, 2.75) is 25.5 Å². The number of aliphatic hydroxyl groups is 1. The van der Waals surface area contributed by atoms with Crippen LogP contribution in [0.25, 0.3) is 0 Å². The average Bonchev–Trinajstić information content (AvgIpc) is 2.55. The Kier molecular flexibility index (Phi) is 5.55. The maximum atomic E-state index is 12.3. The van der Waals surface area contributed by atoms with Crippen LogP contribution in [0.1, 0.15) is 22.8 Å². The molecule has 0 aliphatic carbocycles. The number of para-hydroxylation sites is 1. The fourth-order valence-corrected chi connectivity index (χ4v) is 2.25. The largest absolute Gasteiger partial charge is 0.496 e. The van der Waals surface area contributed by atoms with Gasteiger partial charge in [-0.15, -0.1) is 0 Å². The maximum Gasteiger partial charge on any atom is 0.255 e. The fourth-order valence-electron chi connectivity index (χ4n) is 2.25. The summed E-state index contributed by atoms with van der Waals surface area (Å²) < 4.78 is 5.18. The van der Waals surface area contributed by atoms with Crippen molar-refractivity contribution in [3.8, 4) is 5.75 Å². The number of ether oxygens (including phenoxy) is 1. The summed E-state index contributed by atoms with van der Waals surface area (Å²) in [4.78, 5) is 12.3. The summed E-state index contributed by atoms with van der Waals surface area (Å²) in [5.41, 5.74) is 1.50. The molecule has 4 heteroatoms. The lowest BCUT2D eigenvalue weighted by Crippen LogP contribution is -2.42. The van der Waals surface area contributed by atoms with Crippen molar-refractivity contribution in [3.63, 3.8) is 0 Å². The summed E-state index contributed by atoms with van der Waals surface area (Å²) in [5, 5.41) is 13.1. The molecule has 22 heavy (non-hydrogen) atoms. The molecule has 0 bridgehead atoms.